The summed E-state index contributed by atoms with van der Waals surface area (Å²) >= 11 is 5.03. The van der Waals surface area contributed by atoms with Crippen LogP contribution in [-0.4, -0.2) is 47.5 Å². The lowest BCUT2D eigenvalue weighted by Crippen LogP contribution is -2.49. The number of nitrogens with two attached hydrogens (primary N) is 1. The van der Waals surface area contributed by atoms with Crippen molar-refractivity contribution in [1.29, 1.82) is 0 Å². The van der Waals surface area contributed by atoms with E-state index in [1.165, 1.54) is 11.1 Å². The van der Waals surface area contributed by atoms with Gasteiger partial charge in [0.25, 0.3) is 0 Å². The molecule has 0 aliphatic carbocycles. The van der Waals surface area contributed by atoms with E-state index in [4.69, 9.17) is 18.0 Å². The number of thiocarbonyl (C=S) groups is 1. The van der Waals surface area contributed by atoms with Gasteiger partial charge in [0.05, 0.1) is 11.0 Å². The van der Waals surface area contributed by atoms with Crippen molar-refractivity contribution in [3.05, 3.63) is 71.8 Å². The van der Waals surface area contributed by atoms with Crippen LogP contribution < -0.4 is 5.73 Å². The highest BCUT2D eigenvalue weighted by Crippen LogP contribution is 2.29. The minimum absolute atomic E-state index is 0.310. The Morgan fingerprint density at radius 3 is 1.78 bits per heavy atom. The highest BCUT2D eigenvalue weighted by atomic mass is 32.1. The molecule has 120 valence electrons. The van der Waals surface area contributed by atoms with Crippen molar-refractivity contribution in [2.45, 2.75) is 6.04 Å². The van der Waals surface area contributed by atoms with Crippen molar-refractivity contribution < 1.29 is 0 Å². The predicted octanol–water partition coefficient (Wildman–Crippen LogP) is 2.68. The van der Waals surface area contributed by atoms with Gasteiger partial charge in [0.15, 0.2) is 0 Å². The van der Waals surface area contributed by atoms with Crippen LogP contribution in [0.4, 0.5) is 0 Å². The molecule has 3 rings (SSSR count). The van der Waals surface area contributed by atoms with Crippen LogP contribution in [0.3, 0.4) is 0 Å². The molecule has 0 unspecified atom stereocenters. The smallest absolute Gasteiger partial charge is 0.0870 e. The standard InChI is InChI=1S/C19H23N3S/c20-18(23)15-21-11-13-22(14-12-21)19(16-7-3-1-4-8-16)17-9-5-2-6-10-17/h1-10,19H,11-15H2,(H2,20,23). The fourth-order valence-electron chi connectivity index (χ4n) is 3.28. The van der Waals surface area contributed by atoms with Gasteiger partial charge in [-0.2, -0.15) is 0 Å². The molecule has 1 aliphatic heterocycles. The summed E-state index contributed by atoms with van der Waals surface area (Å²) < 4.78 is 0. The van der Waals surface area contributed by atoms with Crippen molar-refractivity contribution in [2.75, 3.05) is 32.7 Å². The third-order valence-corrected chi connectivity index (χ3v) is 4.51. The molecule has 0 spiro atoms. The predicted molar refractivity (Wildman–Crippen MR) is 99.5 cm³/mol. The van der Waals surface area contributed by atoms with Crippen LogP contribution in [0.15, 0.2) is 60.7 Å². The summed E-state index contributed by atoms with van der Waals surface area (Å²) in [5.41, 5.74) is 8.37. The van der Waals surface area contributed by atoms with Gasteiger partial charge in [-0.25, -0.2) is 0 Å². The van der Waals surface area contributed by atoms with E-state index < -0.39 is 0 Å². The Morgan fingerprint density at radius 2 is 1.35 bits per heavy atom. The molecule has 0 atom stereocenters. The molecule has 23 heavy (non-hydrogen) atoms. The Balaban J connectivity index is 1.79. The SMILES string of the molecule is NC(=S)CN1CCN(C(c2ccccc2)c2ccccc2)CC1. The molecule has 2 N–H and O–H groups in total. The Bertz CT molecular complexity index is 582. The second-order valence-electron chi connectivity index (χ2n) is 6.00. The van der Waals surface area contributed by atoms with Gasteiger partial charge in [0, 0.05) is 32.7 Å². The number of nitrogens with zero attached hydrogens (tertiary/aromatic N) is 2. The van der Waals surface area contributed by atoms with E-state index in [9.17, 15) is 0 Å². The van der Waals surface area contributed by atoms with E-state index in [-0.39, 0.29) is 0 Å². The number of piperazine rings is 1. The quantitative estimate of drug-likeness (QED) is 0.857. The van der Waals surface area contributed by atoms with Gasteiger partial charge >= 0.3 is 0 Å². The molecule has 1 aliphatic rings. The maximum atomic E-state index is 5.68. The van der Waals surface area contributed by atoms with Crippen molar-refractivity contribution >= 4 is 17.2 Å². The molecular weight excluding hydrogens is 302 g/mol. The molecule has 4 heteroatoms. The summed E-state index contributed by atoms with van der Waals surface area (Å²) in [4.78, 5) is 5.48. The first-order valence-corrected chi connectivity index (χ1v) is 8.49. The van der Waals surface area contributed by atoms with Gasteiger partial charge in [0.1, 0.15) is 0 Å². The normalized spacial score (nSPS) is 16.6. The summed E-state index contributed by atoms with van der Waals surface area (Å²) in [6.45, 7) is 4.79. The summed E-state index contributed by atoms with van der Waals surface area (Å²) in [6.07, 6.45) is 0. The number of rotatable bonds is 5. The lowest BCUT2D eigenvalue weighted by Gasteiger charge is -2.39. The molecule has 3 nitrogen and oxygen atoms in total. The van der Waals surface area contributed by atoms with Gasteiger partial charge in [-0.15, -0.1) is 0 Å². The van der Waals surface area contributed by atoms with Crippen LogP contribution >= 0.6 is 12.2 Å². The molecule has 0 aromatic heterocycles. The lowest BCUT2D eigenvalue weighted by molar-refractivity contribution is 0.120. The molecular formula is C19H23N3S. The number of hydrogen-bond acceptors (Lipinski definition) is 3. The molecule has 1 saturated heterocycles. The third-order valence-electron chi connectivity index (χ3n) is 4.38. The van der Waals surface area contributed by atoms with Gasteiger partial charge in [-0.3, -0.25) is 9.80 Å². The Hall–Kier alpha value is -1.75. The minimum Gasteiger partial charge on any atom is -0.392 e. The maximum absolute atomic E-state index is 5.68. The first kappa shape index (κ1) is 16.1. The van der Waals surface area contributed by atoms with Crippen molar-refractivity contribution in [3.8, 4) is 0 Å². The minimum atomic E-state index is 0.310. The van der Waals surface area contributed by atoms with Crippen molar-refractivity contribution in [3.63, 3.8) is 0 Å². The number of hydrogen-bond donors (Lipinski definition) is 1. The topological polar surface area (TPSA) is 32.5 Å². The van der Waals surface area contributed by atoms with E-state index >= 15 is 0 Å². The molecule has 2 aromatic rings. The zero-order valence-corrected chi connectivity index (χ0v) is 14.1. The second kappa shape index (κ2) is 7.68. The average molecular weight is 325 g/mol. The summed E-state index contributed by atoms with van der Waals surface area (Å²) in [5.74, 6) is 0. The largest absolute Gasteiger partial charge is 0.392 e. The Morgan fingerprint density at radius 1 is 0.870 bits per heavy atom. The molecule has 2 aromatic carbocycles. The van der Waals surface area contributed by atoms with Crippen LogP contribution in [0.25, 0.3) is 0 Å². The Kier molecular flexibility index (Phi) is 5.39. The lowest BCUT2D eigenvalue weighted by atomic mass is 9.96. The average Bonchev–Trinajstić information content (AvgIpc) is 2.58. The van der Waals surface area contributed by atoms with Crippen LogP contribution in [0.2, 0.25) is 0 Å². The summed E-state index contributed by atoms with van der Waals surface area (Å²) in [5, 5.41) is 0. The van der Waals surface area contributed by atoms with Crippen molar-refractivity contribution in [2.24, 2.45) is 5.73 Å². The van der Waals surface area contributed by atoms with E-state index in [0.717, 1.165) is 32.7 Å². The van der Waals surface area contributed by atoms with Gasteiger partial charge < -0.3 is 5.73 Å². The van der Waals surface area contributed by atoms with Crippen LogP contribution in [0.5, 0.6) is 0 Å². The zero-order valence-electron chi connectivity index (χ0n) is 13.3. The van der Waals surface area contributed by atoms with Crippen molar-refractivity contribution in [1.82, 2.24) is 9.80 Å². The second-order valence-corrected chi connectivity index (χ2v) is 6.53. The first-order valence-electron chi connectivity index (χ1n) is 8.08. The van der Waals surface area contributed by atoms with Gasteiger partial charge in [-0.1, -0.05) is 72.9 Å². The molecule has 0 amide bonds. The van der Waals surface area contributed by atoms with E-state index in [1.807, 2.05) is 0 Å². The van der Waals surface area contributed by atoms with E-state index in [0.29, 0.717) is 11.0 Å². The van der Waals surface area contributed by atoms with E-state index in [2.05, 4.69) is 70.5 Å². The number of benzene rings is 2. The third kappa shape index (κ3) is 4.16. The fourth-order valence-corrected chi connectivity index (χ4v) is 3.47. The first-order chi connectivity index (χ1) is 11.2. The van der Waals surface area contributed by atoms with Crippen LogP contribution in [0, 0.1) is 0 Å². The Labute approximate surface area is 143 Å². The fraction of sp³-hybridized carbons (Fsp3) is 0.316. The molecule has 0 saturated carbocycles. The monoisotopic (exact) mass is 325 g/mol. The molecule has 1 heterocycles. The summed E-state index contributed by atoms with van der Waals surface area (Å²) in [6, 6.07) is 21.8. The molecule has 0 bridgehead atoms. The van der Waals surface area contributed by atoms with Gasteiger partial charge in [0.2, 0.25) is 0 Å². The van der Waals surface area contributed by atoms with Crippen LogP contribution in [0.1, 0.15) is 17.2 Å². The van der Waals surface area contributed by atoms with Crippen LogP contribution in [-0.2, 0) is 0 Å². The summed E-state index contributed by atoms with van der Waals surface area (Å²) in [7, 11) is 0. The molecule has 1 fully saturated rings. The highest BCUT2D eigenvalue weighted by molar-refractivity contribution is 7.80. The maximum Gasteiger partial charge on any atom is 0.0870 e. The molecule has 0 radical (unpaired) electrons. The van der Waals surface area contributed by atoms with E-state index in [1.54, 1.807) is 0 Å². The zero-order chi connectivity index (χ0) is 16.1. The highest BCUT2D eigenvalue weighted by Gasteiger charge is 2.26. The van der Waals surface area contributed by atoms with Gasteiger partial charge in [-0.05, 0) is 11.1 Å².